The molecule has 3 amide bonds. The lowest BCUT2D eigenvalue weighted by Crippen LogP contribution is -2.50. The van der Waals surface area contributed by atoms with Gasteiger partial charge in [-0.15, -0.1) is 0 Å². The molecule has 0 aliphatic heterocycles. The van der Waals surface area contributed by atoms with Crippen molar-refractivity contribution in [1.29, 1.82) is 0 Å². The number of nitrogens with one attached hydrogen (secondary N) is 4. The van der Waals surface area contributed by atoms with E-state index in [1.807, 2.05) is 6.92 Å². The monoisotopic (exact) mass is 463 g/mol. The maximum atomic E-state index is 12.2. The summed E-state index contributed by atoms with van der Waals surface area (Å²) in [6, 6.07) is 12.5. The van der Waals surface area contributed by atoms with Crippen molar-refractivity contribution < 1.29 is 19.6 Å². The lowest BCUT2D eigenvalue weighted by atomic mass is 10.1. The molecule has 9 heteroatoms. The minimum Gasteiger partial charge on any atom is -0.339 e. The number of benzene rings is 2. The van der Waals surface area contributed by atoms with Gasteiger partial charge in [0.05, 0.1) is 6.54 Å². The van der Waals surface area contributed by atoms with Gasteiger partial charge < -0.3 is 21.7 Å². The molecular formula is C25H29N5O4. The predicted octanol–water partition coefficient (Wildman–Crippen LogP) is 0.836. The van der Waals surface area contributed by atoms with E-state index in [1.54, 1.807) is 48.5 Å². The van der Waals surface area contributed by atoms with E-state index in [9.17, 15) is 14.4 Å². The summed E-state index contributed by atoms with van der Waals surface area (Å²) in [4.78, 5) is 35.3. The molecule has 0 saturated heterocycles. The first kappa shape index (κ1) is 27.9. The molecule has 2 rings (SSSR count). The van der Waals surface area contributed by atoms with Crippen LogP contribution in [-0.2, 0) is 9.59 Å². The Morgan fingerprint density at radius 2 is 1.53 bits per heavy atom. The van der Waals surface area contributed by atoms with Gasteiger partial charge >= 0.3 is 0 Å². The highest BCUT2D eigenvalue weighted by molar-refractivity contribution is 5.97. The Morgan fingerprint density at radius 3 is 2.03 bits per heavy atom. The van der Waals surface area contributed by atoms with Crippen molar-refractivity contribution in [2.24, 2.45) is 5.73 Å². The number of nitrogens with two attached hydrogens (primary N) is 1. The summed E-state index contributed by atoms with van der Waals surface area (Å²) >= 11 is 0. The number of likely N-dealkylation sites (N-methyl/N-ethyl adjacent to an activating group) is 1. The van der Waals surface area contributed by atoms with E-state index in [0.29, 0.717) is 16.8 Å². The number of hydrogen-bond donors (Lipinski definition) is 6. The molecule has 2 aromatic carbocycles. The fraction of sp³-hybridized carbons (Fsp3) is 0.240. The summed E-state index contributed by atoms with van der Waals surface area (Å²) in [6.45, 7) is 2.76. The second kappa shape index (κ2) is 14.8. The first-order valence-electron chi connectivity index (χ1n) is 10.1. The van der Waals surface area contributed by atoms with Crippen LogP contribution in [0.15, 0.2) is 48.5 Å². The molecule has 0 fully saturated rings. The Morgan fingerprint density at radius 1 is 0.971 bits per heavy atom. The summed E-state index contributed by atoms with van der Waals surface area (Å²) in [6.07, 6.45) is 0. The number of rotatable bonds is 8. The fourth-order valence-corrected chi connectivity index (χ4v) is 2.54. The van der Waals surface area contributed by atoms with Gasteiger partial charge in [0.25, 0.3) is 11.8 Å². The number of hydrogen-bond acceptors (Lipinski definition) is 6. The summed E-state index contributed by atoms with van der Waals surface area (Å²) < 4.78 is 0. The molecule has 0 aliphatic rings. The van der Waals surface area contributed by atoms with Crippen molar-refractivity contribution in [2.45, 2.75) is 20.4 Å². The van der Waals surface area contributed by atoms with Crippen LogP contribution in [0.1, 0.15) is 35.8 Å². The third kappa shape index (κ3) is 9.15. The average molecular weight is 464 g/mol. The van der Waals surface area contributed by atoms with E-state index in [-0.39, 0.29) is 26.4 Å². The molecule has 0 spiro atoms. The molecule has 0 unspecified atom stereocenters. The van der Waals surface area contributed by atoms with Crippen molar-refractivity contribution >= 4 is 23.4 Å². The quantitative estimate of drug-likeness (QED) is 0.194. The van der Waals surface area contributed by atoms with E-state index in [1.165, 1.54) is 5.48 Å². The van der Waals surface area contributed by atoms with Gasteiger partial charge in [0, 0.05) is 28.9 Å². The average Bonchev–Trinajstić information content (AvgIpc) is 2.84. The van der Waals surface area contributed by atoms with Gasteiger partial charge in [-0.05, 0) is 66.9 Å². The van der Waals surface area contributed by atoms with Crippen molar-refractivity contribution in [2.75, 3.05) is 25.0 Å². The first-order valence-corrected chi connectivity index (χ1v) is 10.1. The number of carbonyl (C=O) groups excluding carboxylic acids is 3. The molecule has 0 saturated carbocycles. The molecule has 0 aromatic heterocycles. The van der Waals surface area contributed by atoms with Gasteiger partial charge in [0.2, 0.25) is 5.91 Å². The number of amides is 3. The Hall–Kier alpha value is -4.15. The maximum absolute atomic E-state index is 12.2. The largest absolute Gasteiger partial charge is 0.339 e. The van der Waals surface area contributed by atoms with Gasteiger partial charge in [-0.2, -0.15) is 0 Å². The zero-order valence-electron chi connectivity index (χ0n) is 18.1. The smallest absolute Gasteiger partial charge is 0.267 e. The van der Waals surface area contributed by atoms with Crippen molar-refractivity contribution in [1.82, 2.24) is 16.1 Å². The summed E-state index contributed by atoms with van der Waals surface area (Å²) in [7, 11) is 0. The van der Waals surface area contributed by atoms with Crippen molar-refractivity contribution in [3.63, 3.8) is 0 Å². The van der Waals surface area contributed by atoms with Crippen LogP contribution in [-0.4, -0.2) is 48.6 Å². The lowest BCUT2D eigenvalue weighted by molar-refractivity contribution is -0.130. The van der Waals surface area contributed by atoms with E-state index in [4.69, 9.17) is 10.9 Å². The minimum atomic E-state index is -1.04. The minimum absolute atomic E-state index is 0. The zero-order chi connectivity index (χ0) is 24.1. The van der Waals surface area contributed by atoms with Crippen LogP contribution in [0.4, 0.5) is 5.69 Å². The SMILES string of the molecule is C.CCNCC(=O)Nc1ccc(C#CC#Cc2ccc(C(=O)N[C@@H](CN)C(=O)NO)cc2)cc1. The van der Waals surface area contributed by atoms with Crippen LogP contribution >= 0.6 is 0 Å². The van der Waals surface area contributed by atoms with Gasteiger partial charge in [-0.25, -0.2) is 5.48 Å². The topological polar surface area (TPSA) is 146 Å². The molecule has 2 aromatic rings. The fourth-order valence-electron chi connectivity index (χ4n) is 2.54. The highest BCUT2D eigenvalue weighted by atomic mass is 16.5. The second-order valence-electron chi connectivity index (χ2n) is 6.72. The second-order valence-corrected chi connectivity index (χ2v) is 6.72. The van der Waals surface area contributed by atoms with Gasteiger partial charge in [0.15, 0.2) is 0 Å². The highest BCUT2D eigenvalue weighted by Gasteiger charge is 2.19. The van der Waals surface area contributed by atoms with Crippen LogP contribution in [0.25, 0.3) is 0 Å². The standard InChI is InChI=1S/C24H25N5O4.CH4/c1-2-26-16-22(30)27-20-13-9-18(10-14-20)6-4-3-5-17-7-11-19(12-8-17)23(31)28-21(15-25)24(32)29-33;/h7-14,21,26,33H,2,15-16,25H2,1H3,(H,27,30)(H,28,31)(H,29,32);1H4/t21-;/m0./s1. The van der Waals surface area contributed by atoms with Crippen LogP contribution < -0.4 is 27.2 Å². The molecular weight excluding hydrogens is 434 g/mol. The maximum Gasteiger partial charge on any atom is 0.267 e. The van der Waals surface area contributed by atoms with Crippen LogP contribution in [0.2, 0.25) is 0 Å². The van der Waals surface area contributed by atoms with Crippen LogP contribution in [0.5, 0.6) is 0 Å². The van der Waals surface area contributed by atoms with E-state index < -0.39 is 17.9 Å². The normalized spacial score (nSPS) is 10.2. The third-order valence-electron chi connectivity index (χ3n) is 4.30. The van der Waals surface area contributed by atoms with Crippen molar-refractivity contribution in [3.8, 4) is 23.7 Å². The van der Waals surface area contributed by atoms with E-state index in [2.05, 4.69) is 39.6 Å². The summed E-state index contributed by atoms with van der Waals surface area (Å²) in [5.41, 5.74) is 9.28. The Balaban J connectivity index is 0.00000578. The number of carbonyl (C=O) groups is 3. The Labute approximate surface area is 199 Å². The number of anilines is 1. The first-order chi connectivity index (χ1) is 16.0. The Bertz CT molecular complexity index is 1090. The molecule has 7 N–H and O–H groups in total. The van der Waals surface area contributed by atoms with E-state index >= 15 is 0 Å². The molecule has 0 aliphatic carbocycles. The van der Waals surface area contributed by atoms with Crippen LogP contribution in [0, 0.1) is 23.7 Å². The summed E-state index contributed by atoms with van der Waals surface area (Å²) in [5, 5.41) is 16.8. The third-order valence-corrected chi connectivity index (χ3v) is 4.30. The number of hydroxylamine groups is 1. The molecule has 1 atom stereocenters. The molecule has 178 valence electrons. The molecule has 0 heterocycles. The Kier molecular flexibility index (Phi) is 12.2. The molecule has 0 radical (unpaired) electrons. The molecule has 34 heavy (non-hydrogen) atoms. The summed E-state index contributed by atoms with van der Waals surface area (Å²) in [5.74, 6) is 9.89. The predicted molar refractivity (Wildman–Crippen MR) is 131 cm³/mol. The molecule has 9 nitrogen and oxygen atoms in total. The van der Waals surface area contributed by atoms with E-state index in [0.717, 1.165) is 12.1 Å². The van der Waals surface area contributed by atoms with Gasteiger partial charge in [-0.1, -0.05) is 26.2 Å². The molecule has 0 bridgehead atoms. The van der Waals surface area contributed by atoms with Gasteiger partial charge in [0.1, 0.15) is 6.04 Å². The van der Waals surface area contributed by atoms with Crippen molar-refractivity contribution in [3.05, 3.63) is 65.2 Å². The van der Waals surface area contributed by atoms with Crippen LogP contribution in [0.3, 0.4) is 0 Å². The van der Waals surface area contributed by atoms with Gasteiger partial charge in [-0.3, -0.25) is 19.6 Å². The highest BCUT2D eigenvalue weighted by Crippen LogP contribution is 2.08. The lowest BCUT2D eigenvalue weighted by Gasteiger charge is -2.14. The zero-order valence-corrected chi connectivity index (χ0v) is 18.1.